The van der Waals surface area contributed by atoms with Crippen molar-refractivity contribution in [2.24, 2.45) is 4.99 Å². The van der Waals surface area contributed by atoms with Gasteiger partial charge in [0.2, 0.25) is 0 Å². The summed E-state index contributed by atoms with van der Waals surface area (Å²) in [6.07, 6.45) is 4.68. The van der Waals surface area contributed by atoms with Crippen LogP contribution in [0.25, 0.3) is 6.08 Å². The molecule has 0 atom stereocenters. The molecule has 1 aliphatic rings. The van der Waals surface area contributed by atoms with Crippen molar-refractivity contribution in [3.05, 3.63) is 70.1 Å². The first-order valence-corrected chi connectivity index (χ1v) is 10.6. The number of hydrogen-bond donors (Lipinski definition) is 1. The Morgan fingerprint density at radius 1 is 1.10 bits per heavy atom. The number of rotatable bonds is 7. The van der Waals surface area contributed by atoms with Gasteiger partial charge in [0.1, 0.15) is 0 Å². The zero-order valence-electron chi connectivity index (χ0n) is 16.6. The fraction of sp³-hybridized carbons (Fsp3) is 0.261. The molecule has 1 saturated heterocycles. The number of carbonyl (C=O) groups excluding carboxylic acids is 2. The molecule has 0 radical (unpaired) electrons. The van der Waals surface area contributed by atoms with Crippen LogP contribution in [-0.2, 0) is 16.0 Å². The van der Waals surface area contributed by atoms with Gasteiger partial charge in [0.15, 0.2) is 5.17 Å². The van der Waals surface area contributed by atoms with Gasteiger partial charge in [-0.05, 0) is 66.1 Å². The van der Waals surface area contributed by atoms with Gasteiger partial charge in [-0.1, -0.05) is 44.5 Å². The number of aliphatic imine (C=N–C) groups is 1. The van der Waals surface area contributed by atoms with Gasteiger partial charge >= 0.3 is 5.97 Å². The predicted molar refractivity (Wildman–Crippen MR) is 118 cm³/mol. The fourth-order valence-corrected chi connectivity index (χ4v) is 3.51. The molecule has 2 aromatic rings. The molecule has 150 valence electrons. The Bertz CT molecular complexity index is 932. The lowest BCUT2D eigenvalue weighted by molar-refractivity contribution is -0.115. The van der Waals surface area contributed by atoms with E-state index in [1.54, 1.807) is 24.3 Å². The molecule has 1 aliphatic heterocycles. The van der Waals surface area contributed by atoms with Crippen LogP contribution in [0.3, 0.4) is 0 Å². The van der Waals surface area contributed by atoms with Crippen LogP contribution in [0.5, 0.6) is 0 Å². The largest absolute Gasteiger partial charge is 0.462 e. The minimum absolute atomic E-state index is 0.163. The number of unbranched alkanes of at least 4 members (excludes halogenated alkanes) is 1. The summed E-state index contributed by atoms with van der Waals surface area (Å²) in [7, 11) is 0. The maximum absolute atomic E-state index is 12.2. The van der Waals surface area contributed by atoms with Gasteiger partial charge in [0.05, 0.1) is 22.8 Å². The Hall–Kier alpha value is -2.86. The normalized spacial score (nSPS) is 16.3. The van der Waals surface area contributed by atoms with Gasteiger partial charge < -0.3 is 10.1 Å². The molecular formula is C23H24N2O3S. The maximum atomic E-state index is 12.2. The number of thioether (sulfide) groups is 1. The molecule has 1 amide bonds. The van der Waals surface area contributed by atoms with Crippen LogP contribution in [0, 0.1) is 0 Å². The number of ether oxygens (including phenoxy) is 1. The van der Waals surface area contributed by atoms with E-state index in [-0.39, 0.29) is 11.9 Å². The number of aryl methyl sites for hydroxylation is 1. The second-order valence-corrected chi connectivity index (χ2v) is 7.64. The van der Waals surface area contributed by atoms with Crippen molar-refractivity contribution in [1.82, 2.24) is 5.32 Å². The number of amidine groups is 1. The summed E-state index contributed by atoms with van der Waals surface area (Å²) in [5, 5.41) is 3.30. The van der Waals surface area contributed by atoms with E-state index in [0.29, 0.717) is 27.9 Å². The minimum atomic E-state index is -0.333. The quantitative estimate of drug-likeness (QED) is 0.393. The van der Waals surface area contributed by atoms with Crippen molar-refractivity contribution >= 4 is 40.6 Å². The van der Waals surface area contributed by atoms with Crippen LogP contribution in [-0.4, -0.2) is 23.7 Å². The van der Waals surface area contributed by atoms with E-state index in [0.717, 1.165) is 24.8 Å². The number of esters is 1. The molecule has 2 aromatic carbocycles. The molecule has 3 rings (SSSR count). The molecule has 0 aromatic heterocycles. The highest BCUT2D eigenvalue weighted by molar-refractivity contribution is 8.18. The monoisotopic (exact) mass is 408 g/mol. The summed E-state index contributed by atoms with van der Waals surface area (Å²) in [6.45, 7) is 4.58. The van der Waals surface area contributed by atoms with Gasteiger partial charge in [-0.25, -0.2) is 9.79 Å². The molecule has 29 heavy (non-hydrogen) atoms. The van der Waals surface area contributed by atoms with Crippen molar-refractivity contribution in [1.29, 1.82) is 0 Å². The topological polar surface area (TPSA) is 67.8 Å². The van der Waals surface area contributed by atoms with Crippen molar-refractivity contribution < 1.29 is 14.3 Å². The lowest BCUT2D eigenvalue weighted by atomic mass is 10.1. The first-order valence-electron chi connectivity index (χ1n) is 9.74. The Morgan fingerprint density at radius 2 is 1.83 bits per heavy atom. The smallest absolute Gasteiger partial charge is 0.338 e. The number of hydrogen-bond acceptors (Lipinski definition) is 5. The molecule has 1 N–H and O–H groups in total. The summed E-state index contributed by atoms with van der Waals surface area (Å²) in [5.41, 5.74) is 3.39. The summed E-state index contributed by atoms with van der Waals surface area (Å²) < 4.78 is 5.20. The average Bonchev–Trinajstić information content (AvgIpc) is 3.07. The van der Waals surface area contributed by atoms with E-state index in [1.807, 2.05) is 25.1 Å². The molecule has 0 bridgehead atoms. The van der Waals surface area contributed by atoms with Gasteiger partial charge in [0.25, 0.3) is 5.91 Å². The van der Waals surface area contributed by atoms with E-state index < -0.39 is 0 Å². The summed E-state index contributed by atoms with van der Waals surface area (Å²) in [4.78, 5) is 29.2. The lowest BCUT2D eigenvalue weighted by Crippen LogP contribution is -2.19. The van der Waals surface area contributed by atoms with Crippen LogP contribution < -0.4 is 5.32 Å². The minimum Gasteiger partial charge on any atom is -0.462 e. The summed E-state index contributed by atoms with van der Waals surface area (Å²) in [6, 6.07) is 15.0. The molecule has 0 aliphatic carbocycles. The van der Waals surface area contributed by atoms with E-state index in [4.69, 9.17) is 4.74 Å². The first kappa shape index (κ1) is 20.9. The third-order valence-electron chi connectivity index (χ3n) is 4.40. The van der Waals surface area contributed by atoms with Gasteiger partial charge in [-0.2, -0.15) is 0 Å². The third kappa shape index (κ3) is 5.81. The average molecular weight is 409 g/mol. The highest BCUT2D eigenvalue weighted by atomic mass is 32.2. The molecule has 1 fully saturated rings. The Labute approximate surface area is 175 Å². The highest BCUT2D eigenvalue weighted by Gasteiger charge is 2.23. The first-order chi connectivity index (χ1) is 14.1. The molecule has 6 heteroatoms. The van der Waals surface area contributed by atoms with Crippen LogP contribution in [0.1, 0.15) is 48.2 Å². The Morgan fingerprint density at radius 3 is 2.48 bits per heavy atom. The second-order valence-electron chi connectivity index (χ2n) is 6.61. The van der Waals surface area contributed by atoms with Crippen molar-refractivity contribution in [3.63, 3.8) is 0 Å². The number of nitrogens with zero attached hydrogens (tertiary/aromatic N) is 1. The van der Waals surface area contributed by atoms with Crippen molar-refractivity contribution in [2.45, 2.75) is 33.1 Å². The van der Waals surface area contributed by atoms with E-state index in [1.165, 1.54) is 17.3 Å². The number of benzene rings is 2. The maximum Gasteiger partial charge on any atom is 0.338 e. The van der Waals surface area contributed by atoms with Crippen LogP contribution >= 0.6 is 11.8 Å². The standard InChI is InChI=1S/C23H24N2O3S/c1-3-5-14-28-22(27)18-10-12-19(13-11-18)24-23-25-21(26)20(29-23)15-17-8-6-16(4-2)7-9-17/h6-13,15H,3-5,14H2,1-2H3,(H,24,25,26)/b20-15-. The van der Waals surface area contributed by atoms with Gasteiger partial charge in [0, 0.05) is 0 Å². The molecule has 1 heterocycles. The fourth-order valence-electron chi connectivity index (χ4n) is 2.66. The molecular weight excluding hydrogens is 384 g/mol. The predicted octanol–water partition coefficient (Wildman–Crippen LogP) is 5.10. The zero-order chi connectivity index (χ0) is 20.6. The molecule has 0 spiro atoms. The van der Waals surface area contributed by atoms with Crippen molar-refractivity contribution in [2.75, 3.05) is 6.61 Å². The number of carbonyl (C=O) groups is 2. The van der Waals surface area contributed by atoms with E-state index in [2.05, 4.69) is 29.4 Å². The highest BCUT2D eigenvalue weighted by Crippen LogP contribution is 2.28. The zero-order valence-corrected chi connectivity index (χ0v) is 17.4. The van der Waals surface area contributed by atoms with Gasteiger partial charge in [-0.3, -0.25) is 4.79 Å². The number of amides is 1. The van der Waals surface area contributed by atoms with Crippen LogP contribution in [0.2, 0.25) is 0 Å². The van der Waals surface area contributed by atoms with E-state index in [9.17, 15) is 9.59 Å². The second kappa shape index (κ2) is 10.1. The molecule has 0 unspecified atom stereocenters. The number of nitrogens with one attached hydrogen (secondary N) is 1. The summed E-state index contributed by atoms with van der Waals surface area (Å²) in [5.74, 6) is -0.495. The summed E-state index contributed by atoms with van der Waals surface area (Å²) >= 11 is 1.30. The molecule has 5 nitrogen and oxygen atoms in total. The van der Waals surface area contributed by atoms with Gasteiger partial charge in [-0.15, -0.1) is 0 Å². The Balaban J connectivity index is 1.65. The Kier molecular flexibility index (Phi) is 7.25. The molecule has 0 saturated carbocycles. The van der Waals surface area contributed by atoms with Crippen LogP contribution in [0.4, 0.5) is 5.69 Å². The SMILES string of the molecule is CCCCOC(=O)c1ccc(N=C2NC(=O)/C(=C/c3ccc(CC)cc3)S2)cc1. The lowest BCUT2D eigenvalue weighted by Gasteiger charge is -2.04. The van der Waals surface area contributed by atoms with Crippen molar-refractivity contribution in [3.8, 4) is 0 Å². The van der Waals surface area contributed by atoms with Crippen LogP contribution in [0.15, 0.2) is 58.4 Å². The third-order valence-corrected chi connectivity index (χ3v) is 5.31. The van der Waals surface area contributed by atoms with E-state index >= 15 is 0 Å².